The summed E-state index contributed by atoms with van der Waals surface area (Å²) in [5, 5.41) is 11.1. The molecule has 1 aromatic rings. The molecule has 2 nitrogen and oxygen atoms in total. The van der Waals surface area contributed by atoms with Gasteiger partial charge >= 0.3 is 0 Å². The number of hydrogen-bond donors (Lipinski definition) is 0. The quantitative estimate of drug-likeness (QED) is 0.569. The molecule has 0 N–H and O–H groups in total. The first-order valence-electron chi connectivity index (χ1n) is 5.14. The molecule has 1 aromatic carbocycles. The van der Waals surface area contributed by atoms with Gasteiger partial charge in [-0.25, -0.2) is 0 Å². The van der Waals surface area contributed by atoms with Crippen molar-refractivity contribution in [3.63, 3.8) is 0 Å². The first kappa shape index (κ1) is 13.2. The topological polar surface area (TPSA) is 33.0 Å². The van der Waals surface area contributed by atoms with Crippen molar-refractivity contribution in [3.05, 3.63) is 28.8 Å². The molecule has 4 heteroatoms. The van der Waals surface area contributed by atoms with Crippen molar-refractivity contribution in [1.29, 1.82) is 5.26 Å². The fourth-order valence-electron chi connectivity index (χ4n) is 1.22. The number of rotatable bonds is 6. The van der Waals surface area contributed by atoms with Gasteiger partial charge in [0, 0.05) is 10.8 Å². The highest BCUT2D eigenvalue weighted by Crippen LogP contribution is 2.21. The maximum atomic E-state index is 8.33. The van der Waals surface area contributed by atoms with Crippen LogP contribution in [0.1, 0.15) is 18.4 Å². The summed E-state index contributed by atoms with van der Waals surface area (Å²) in [6, 6.07) is 5.66. The number of halogens is 1. The van der Waals surface area contributed by atoms with E-state index < -0.39 is 0 Å². The molecule has 0 aliphatic carbocycles. The number of ether oxygens (including phenoxy) is 1. The van der Waals surface area contributed by atoms with Gasteiger partial charge in [0.2, 0.25) is 0 Å². The summed E-state index contributed by atoms with van der Waals surface area (Å²) in [7, 11) is 0. The van der Waals surface area contributed by atoms with Crippen molar-refractivity contribution in [2.45, 2.75) is 19.8 Å². The highest BCUT2D eigenvalue weighted by atomic mass is 35.5. The average Bonchev–Trinajstić information content (AvgIpc) is 2.28. The van der Waals surface area contributed by atoms with Gasteiger partial charge in [-0.05, 0) is 55.3 Å². The number of nitrogens with zero attached hydrogens (tertiary/aromatic N) is 1. The molecule has 0 amide bonds. The van der Waals surface area contributed by atoms with Gasteiger partial charge in [-0.1, -0.05) is 11.6 Å². The Kier molecular flexibility index (Phi) is 6.14. The number of thioether (sulfide) groups is 1. The van der Waals surface area contributed by atoms with Gasteiger partial charge in [0.1, 0.15) is 11.2 Å². The second-order valence-electron chi connectivity index (χ2n) is 3.41. The van der Waals surface area contributed by atoms with Gasteiger partial charge in [0.05, 0.1) is 6.61 Å². The molecule has 0 spiro atoms. The molecule has 0 saturated heterocycles. The van der Waals surface area contributed by atoms with E-state index in [1.54, 1.807) is 0 Å². The van der Waals surface area contributed by atoms with Gasteiger partial charge in [-0.3, -0.25) is 0 Å². The van der Waals surface area contributed by atoms with Crippen LogP contribution >= 0.6 is 23.4 Å². The van der Waals surface area contributed by atoms with Crippen LogP contribution in [0, 0.1) is 17.6 Å². The Balaban J connectivity index is 2.22. The van der Waals surface area contributed by atoms with Gasteiger partial charge in [-0.15, -0.1) is 0 Å². The number of aryl methyl sites for hydroxylation is 1. The highest BCUT2D eigenvalue weighted by molar-refractivity contribution is 8.03. The Morgan fingerprint density at radius 1 is 1.44 bits per heavy atom. The summed E-state index contributed by atoms with van der Waals surface area (Å²) in [4.78, 5) is 0. The number of nitriles is 1. The molecule has 1 rings (SSSR count). The van der Waals surface area contributed by atoms with E-state index in [1.807, 2.05) is 25.1 Å². The zero-order chi connectivity index (χ0) is 11.8. The van der Waals surface area contributed by atoms with Crippen LogP contribution in [0.4, 0.5) is 0 Å². The molecule has 0 saturated carbocycles. The van der Waals surface area contributed by atoms with Crippen LogP contribution in [-0.2, 0) is 0 Å². The molecular formula is C12H14ClNOS. The number of unbranched alkanes of at least 4 members (excludes halogenated alkanes) is 1. The van der Waals surface area contributed by atoms with Crippen molar-refractivity contribution in [1.82, 2.24) is 0 Å². The van der Waals surface area contributed by atoms with Gasteiger partial charge in [0.25, 0.3) is 0 Å². The molecule has 0 aromatic heterocycles. The Hall–Kier alpha value is -0.850. The zero-order valence-electron chi connectivity index (χ0n) is 9.20. The molecular weight excluding hydrogens is 242 g/mol. The van der Waals surface area contributed by atoms with Crippen LogP contribution < -0.4 is 4.74 Å². The fourth-order valence-corrected chi connectivity index (χ4v) is 1.78. The van der Waals surface area contributed by atoms with E-state index >= 15 is 0 Å². The monoisotopic (exact) mass is 255 g/mol. The van der Waals surface area contributed by atoms with E-state index in [0.717, 1.165) is 34.9 Å². The molecule has 0 radical (unpaired) electrons. The van der Waals surface area contributed by atoms with Crippen molar-refractivity contribution < 1.29 is 4.74 Å². The lowest BCUT2D eigenvalue weighted by Gasteiger charge is -2.07. The zero-order valence-corrected chi connectivity index (χ0v) is 10.8. The molecule has 16 heavy (non-hydrogen) atoms. The molecule has 0 aliphatic rings. The molecule has 0 heterocycles. The lowest BCUT2D eigenvalue weighted by molar-refractivity contribution is 0.309. The maximum absolute atomic E-state index is 8.33. The van der Waals surface area contributed by atoms with E-state index in [1.165, 1.54) is 11.8 Å². The predicted octanol–water partition coefficient (Wildman–Crippen LogP) is 4.02. The van der Waals surface area contributed by atoms with E-state index in [0.29, 0.717) is 6.61 Å². The SMILES string of the molecule is Cc1cc(OCCCCSC#N)ccc1Cl. The smallest absolute Gasteiger partial charge is 0.133 e. The second-order valence-corrected chi connectivity index (χ2v) is 4.69. The first-order valence-corrected chi connectivity index (χ1v) is 6.50. The largest absolute Gasteiger partial charge is 0.494 e. The summed E-state index contributed by atoms with van der Waals surface area (Å²) in [6.07, 6.45) is 1.97. The third-order valence-corrected chi connectivity index (χ3v) is 3.15. The minimum atomic E-state index is 0.688. The number of benzene rings is 1. The van der Waals surface area contributed by atoms with Crippen molar-refractivity contribution in [2.75, 3.05) is 12.4 Å². The van der Waals surface area contributed by atoms with E-state index in [4.69, 9.17) is 21.6 Å². The summed E-state index contributed by atoms with van der Waals surface area (Å²) >= 11 is 7.20. The van der Waals surface area contributed by atoms with E-state index in [2.05, 4.69) is 5.40 Å². The van der Waals surface area contributed by atoms with Crippen molar-refractivity contribution >= 4 is 23.4 Å². The standard InChI is InChI=1S/C12H14ClNOS/c1-10-8-11(4-5-12(10)13)15-6-2-3-7-16-9-14/h4-5,8H,2-3,6-7H2,1H3. The Morgan fingerprint density at radius 2 is 2.25 bits per heavy atom. The van der Waals surface area contributed by atoms with E-state index in [9.17, 15) is 0 Å². The minimum Gasteiger partial charge on any atom is -0.494 e. The fraction of sp³-hybridized carbons (Fsp3) is 0.417. The Morgan fingerprint density at radius 3 is 2.94 bits per heavy atom. The highest BCUT2D eigenvalue weighted by Gasteiger charge is 1.98. The van der Waals surface area contributed by atoms with Crippen LogP contribution in [0.15, 0.2) is 18.2 Å². The van der Waals surface area contributed by atoms with Crippen LogP contribution in [-0.4, -0.2) is 12.4 Å². The van der Waals surface area contributed by atoms with Gasteiger partial charge in [0.15, 0.2) is 0 Å². The van der Waals surface area contributed by atoms with Crippen LogP contribution in [0.25, 0.3) is 0 Å². The van der Waals surface area contributed by atoms with E-state index in [-0.39, 0.29) is 0 Å². The summed E-state index contributed by atoms with van der Waals surface area (Å²) in [5.41, 5.74) is 1.03. The number of hydrogen-bond acceptors (Lipinski definition) is 3. The van der Waals surface area contributed by atoms with Gasteiger partial charge in [-0.2, -0.15) is 5.26 Å². The van der Waals surface area contributed by atoms with Crippen LogP contribution in [0.2, 0.25) is 5.02 Å². The third kappa shape index (κ3) is 4.78. The molecule has 0 unspecified atom stereocenters. The summed E-state index contributed by atoms with van der Waals surface area (Å²) < 4.78 is 5.57. The lowest BCUT2D eigenvalue weighted by Crippen LogP contribution is -1.98. The van der Waals surface area contributed by atoms with Crippen molar-refractivity contribution in [3.8, 4) is 11.2 Å². The molecule has 0 bridgehead atoms. The lowest BCUT2D eigenvalue weighted by atomic mass is 10.2. The maximum Gasteiger partial charge on any atom is 0.133 e. The molecule has 0 aliphatic heterocycles. The molecule has 0 fully saturated rings. The first-order chi connectivity index (χ1) is 7.74. The Bertz CT molecular complexity index is 376. The normalized spacial score (nSPS) is 9.81. The molecule has 0 atom stereocenters. The Labute approximate surface area is 106 Å². The predicted molar refractivity (Wildman–Crippen MR) is 69.0 cm³/mol. The number of thiocyanates is 1. The molecule has 86 valence electrons. The average molecular weight is 256 g/mol. The summed E-state index contributed by atoms with van der Waals surface area (Å²) in [6.45, 7) is 2.64. The minimum absolute atomic E-state index is 0.688. The summed E-state index contributed by atoms with van der Waals surface area (Å²) in [5.74, 6) is 1.73. The second kappa shape index (κ2) is 7.43. The third-order valence-electron chi connectivity index (χ3n) is 2.10. The van der Waals surface area contributed by atoms with Crippen LogP contribution in [0.3, 0.4) is 0 Å². The van der Waals surface area contributed by atoms with Crippen LogP contribution in [0.5, 0.6) is 5.75 Å². The van der Waals surface area contributed by atoms with Gasteiger partial charge < -0.3 is 4.74 Å². The van der Waals surface area contributed by atoms with Crippen molar-refractivity contribution in [2.24, 2.45) is 0 Å².